The average molecular weight is 320 g/mol. The molecule has 2 aromatic rings. The quantitative estimate of drug-likeness (QED) is 0.844. The highest BCUT2D eigenvalue weighted by atomic mass is 35.5. The summed E-state index contributed by atoms with van der Waals surface area (Å²) in [6.07, 6.45) is 0. The van der Waals surface area contributed by atoms with Crippen LogP contribution < -0.4 is 9.47 Å². The lowest BCUT2D eigenvalue weighted by molar-refractivity contribution is 0.0781. The summed E-state index contributed by atoms with van der Waals surface area (Å²) >= 11 is 6.02. The normalized spacial score (nSPS) is 10.2. The predicted octanol–water partition coefficient (Wildman–Crippen LogP) is 3.63. The van der Waals surface area contributed by atoms with Crippen LogP contribution in [0.5, 0.6) is 11.5 Å². The Morgan fingerprint density at radius 1 is 1.09 bits per heavy atom. The molecule has 0 aromatic heterocycles. The Kier molecular flexibility index (Phi) is 5.28. The van der Waals surface area contributed by atoms with Gasteiger partial charge in [-0.3, -0.25) is 4.79 Å². The van der Waals surface area contributed by atoms with E-state index in [0.717, 1.165) is 5.56 Å². The van der Waals surface area contributed by atoms with E-state index in [1.165, 1.54) is 0 Å². The predicted molar refractivity (Wildman–Crippen MR) is 86.8 cm³/mol. The first kappa shape index (κ1) is 16.2. The summed E-state index contributed by atoms with van der Waals surface area (Å²) in [4.78, 5) is 14.2. The van der Waals surface area contributed by atoms with Gasteiger partial charge in [-0.15, -0.1) is 0 Å². The molecule has 1 amide bonds. The number of hydrogen-bond donors (Lipinski definition) is 0. The summed E-state index contributed by atoms with van der Waals surface area (Å²) in [5.41, 5.74) is 1.37. The second kappa shape index (κ2) is 7.18. The first-order valence-corrected chi connectivity index (χ1v) is 7.15. The molecule has 0 aliphatic rings. The number of nitrogens with zero attached hydrogens (tertiary/aromatic N) is 1. The molecular weight excluding hydrogens is 302 g/mol. The first-order valence-electron chi connectivity index (χ1n) is 6.77. The van der Waals surface area contributed by atoms with Crippen LogP contribution in [0.25, 0.3) is 0 Å². The molecule has 2 aromatic carbocycles. The van der Waals surface area contributed by atoms with Crippen molar-refractivity contribution >= 4 is 17.5 Å². The number of methoxy groups -OCH3 is 2. The van der Waals surface area contributed by atoms with E-state index in [-0.39, 0.29) is 5.91 Å². The van der Waals surface area contributed by atoms with Gasteiger partial charge in [0, 0.05) is 24.2 Å². The Hall–Kier alpha value is -2.20. The summed E-state index contributed by atoms with van der Waals surface area (Å²) in [6, 6.07) is 12.5. The van der Waals surface area contributed by atoms with E-state index in [2.05, 4.69) is 0 Å². The standard InChI is InChI=1S/C17H18ClNO3/c1-19(11-12-10-13(18)8-9-15(12)21-2)17(20)14-6-4-5-7-16(14)22-3/h4-10H,11H2,1-3H3. The second-order valence-corrected chi connectivity index (χ2v) is 5.25. The Labute approximate surface area is 135 Å². The fraction of sp³-hybridized carbons (Fsp3) is 0.235. The Morgan fingerprint density at radius 3 is 2.45 bits per heavy atom. The molecule has 2 rings (SSSR count). The summed E-state index contributed by atoms with van der Waals surface area (Å²) < 4.78 is 10.5. The lowest BCUT2D eigenvalue weighted by atomic mass is 10.1. The van der Waals surface area contributed by atoms with Gasteiger partial charge in [-0.1, -0.05) is 23.7 Å². The van der Waals surface area contributed by atoms with Crippen LogP contribution in [0.4, 0.5) is 0 Å². The van der Waals surface area contributed by atoms with Crippen molar-refractivity contribution in [3.8, 4) is 11.5 Å². The SMILES string of the molecule is COc1ccc(Cl)cc1CN(C)C(=O)c1ccccc1OC. The zero-order chi connectivity index (χ0) is 16.1. The molecule has 0 atom stereocenters. The van der Waals surface area contributed by atoms with Crippen molar-refractivity contribution in [2.75, 3.05) is 21.3 Å². The largest absolute Gasteiger partial charge is 0.496 e. The van der Waals surface area contributed by atoms with Gasteiger partial charge in [0.15, 0.2) is 0 Å². The number of ether oxygens (including phenoxy) is 2. The maximum Gasteiger partial charge on any atom is 0.257 e. The minimum atomic E-state index is -0.125. The van der Waals surface area contributed by atoms with Crippen molar-refractivity contribution in [2.45, 2.75) is 6.54 Å². The molecule has 4 nitrogen and oxygen atoms in total. The lowest BCUT2D eigenvalue weighted by Gasteiger charge is -2.20. The fourth-order valence-corrected chi connectivity index (χ4v) is 2.42. The van der Waals surface area contributed by atoms with Crippen molar-refractivity contribution in [1.82, 2.24) is 4.90 Å². The topological polar surface area (TPSA) is 38.8 Å². The zero-order valence-electron chi connectivity index (χ0n) is 12.8. The van der Waals surface area contributed by atoms with Crippen LogP contribution in [0, 0.1) is 0 Å². The third kappa shape index (κ3) is 3.52. The highest BCUT2D eigenvalue weighted by Crippen LogP contribution is 2.25. The van der Waals surface area contributed by atoms with Gasteiger partial charge in [0.25, 0.3) is 5.91 Å². The number of para-hydroxylation sites is 1. The van der Waals surface area contributed by atoms with Crippen molar-refractivity contribution in [2.24, 2.45) is 0 Å². The number of carbonyl (C=O) groups is 1. The monoisotopic (exact) mass is 319 g/mol. The van der Waals surface area contributed by atoms with Crippen molar-refractivity contribution in [1.29, 1.82) is 0 Å². The van der Waals surface area contributed by atoms with Crippen LogP contribution in [0.3, 0.4) is 0 Å². The van der Waals surface area contributed by atoms with E-state index in [1.807, 2.05) is 12.1 Å². The second-order valence-electron chi connectivity index (χ2n) is 4.82. The molecule has 0 saturated carbocycles. The molecule has 0 heterocycles. The molecule has 0 spiro atoms. The third-order valence-corrected chi connectivity index (χ3v) is 3.57. The Balaban J connectivity index is 2.23. The van der Waals surface area contributed by atoms with Crippen LogP contribution >= 0.6 is 11.6 Å². The van der Waals surface area contributed by atoms with Crippen LogP contribution in [0.15, 0.2) is 42.5 Å². The molecule has 0 N–H and O–H groups in total. The van der Waals surface area contributed by atoms with Crippen LogP contribution in [-0.4, -0.2) is 32.1 Å². The van der Waals surface area contributed by atoms with Gasteiger partial charge >= 0.3 is 0 Å². The highest BCUT2D eigenvalue weighted by molar-refractivity contribution is 6.30. The molecule has 0 aliphatic heterocycles. The van der Waals surface area contributed by atoms with Gasteiger partial charge in [-0.25, -0.2) is 0 Å². The summed E-state index contributed by atoms with van der Waals surface area (Å²) in [6.45, 7) is 0.389. The van der Waals surface area contributed by atoms with E-state index >= 15 is 0 Å². The van der Waals surface area contributed by atoms with Crippen LogP contribution in [-0.2, 0) is 6.54 Å². The summed E-state index contributed by atoms with van der Waals surface area (Å²) in [5.74, 6) is 1.13. The molecule has 22 heavy (non-hydrogen) atoms. The van der Waals surface area contributed by atoms with Gasteiger partial charge in [0.1, 0.15) is 11.5 Å². The van der Waals surface area contributed by atoms with E-state index in [4.69, 9.17) is 21.1 Å². The highest BCUT2D eigenvalue weighted by Gasteiger charge is 2.17. The molecule has 0 radical (unpaired) electrons. The van der Waals surface area contributed by atoms with E-state index in [9.17, 15) is 4.79 Å². The molecule has 0 fully saturated rings. The number of amides is 1. The first-order chi connectivity index (χ1) is 10.6. The molecule has 0 saturated heterocycles. The molecule has 0 bridgehead atoms. The molecule has 0 unspecified atom stereocenters. The maximum atomic E-state index is 12.6. The number of hydrogen-bond acceptors (Lipinski definition) is 3. The number of rotatable bonds is 5. The van der Waals surface area contributed by atoms with Crippen molar-refractivity contribution < 1.29 is 14.3 Å². The van der Waals surface area contributed by atoms with Gasteiger partial charge in [-0.05, 0) is 30.3 Å². The van der Waals surface area contributed by atoms with Gasteiger partial charge in [0.2, 0.25) is 0 Å². The third-order valence-electron chi connectivity index (χ3n) is 3.33. The minimum absolute atomic E-state index is 0.125. The van der Waals surface area contributed by atoms with E-state index in [0.29, 0.717) is 28.6 Å². The number of carbonyl (C=O) groups excluding carboxylic acids is 1. The van der Waals surface area contributed by atoms with Gasteiger partial charge < -0.3 is 14.4 Å². The van der Waals surface area contributed by atoms with Gasteiger partial charge in [-0.2, -0.15) is 0 Å². The molecule has 0 aliphatic carbocycles. The summed E-state index contributed by atoms with van der Waals surface area (Å²) in [5, 5.41) is 0.606. The fourth-order valence-electron chi connectivity index (χ4n) is 2.22. The molecule has 5 heteroatoms. The zero-order valence-corrected chi connectivity index (χ0v) is 13.6. The average Bonchev–Trinajstić information content (AvgIpc) is 2.54. The van der Waals surface area contributed by atoms with Crippen LogP contribution in [0.2, 0.25) is 5.02 Å². The Bertz CT molecular complexity index is 673. The van der Waals surface area contributed by atoms with Crippen molar-refractivity contribution in [3.05, 3.63) is 58.6 Å². The molecule has 116 valence electrons. The van der Waals surface area contributed by atoms with Crippen LogP contribution in [0.1, 0.15) is 15.9 Å². The number of benzene rings is 2. The lowest BCUT2D eigenvalue weighted by Crippen LogP contribution is -2.26. The number of halogens is 1. The van der Waals surface area contributed by atoms with Gasteiger partial charge in [0.05, 0.1) is 19.8 Å². The smallest absolute Gasteiger partial charge is 0.257 e. The summed E-state index contributed by atoms with van der Waals surface area (Å²) in [7, 11) is 4.87. The van der Waals surface area contributed by atoms with E-state index < -0.39 is 0 Å². The maximum absolute atomic E-state index is 12.6. The minimum Gasteiger partial charge on any atom is -0.496 e. The van der Waals surface area contributed by atoms with E-state index in [1.54, 1.807) is 56.5 Å². The Morgan fingerprint density at radius 2 is 1.77 bits per heavy atom. The molecular formula is C17H18ClNO3. The van der Waals surface area contributed by atoms with Crippen molar-refractivity contribution in [3.63, 3.8) is 0 Å².